The molecule has 3 atom stereocenters. The van der Waals surface area contributed by atoms with Crippen molar-refractivity contribution in [1.82, 2.24) is 49.5 Å². The Kier molecular flexibility index (Phi) is 12.5. The highest BCUT2D eigenvalue weighted by Gasteiger charge is 2.43. The summed E-state index contributed by atoms with van der Waals surface area (Å²) in [6, 6.07) is 13.5. The monoisotopic (exact) mass is 965 g/mol. The molecular formula is C51H59F4N11O4. The van der Waals surface area contributed by atoms with Crippen LogP contribution in [0.3, 0.4) is 0 Å². The molecule has 0 bridgehead atoms. The number of halogens is 4. The molecule has 70 heavy (non-hydrogen) atoms. The zero-order valence-corrected chi connectivity index (χ0v) is 39.5. The van der Waals surface area contributed by atoms with Crippen molar-refractivity contribution in [3.63, 3.8) is 0 Å². The summed E-state index contributed by atoms with van der Waals surface area (Å²) in [4.78, 5) is 48.2. The topological polar surface area (TPSA) is 137 Å². The first-order valence-corrected chi connectivity index (χ1v) is 24.8. The van der Waals surface area contributed by atoms with E-state index in [1.165, 1.54) is 17.2 Å². The van der Waals surface area contributed by atoms with Crippen LogP contribution in [0.15, 0.2) is 61.1 Å². The lowest BCUT2D eigenvalue weighted by atomic mass is 9.75. The van der Waals surface area contributed by atoms with E-state index in [0.717, 1.165) is 89.4 Å². The highest BCUT2D eigenvalue weighted by molar-refractivity contribution is 6.05. The van der Waals surface area contributed by atoms with E-state index in [9.17, 15) is 27.6 Å². The Morgan fingerprint density at radius 3 is 2.34 bits per heavy atom. The Balaban J connectivity index is 0.692. The Bertz CT molecular complexity index is 2800. The number of alkyl halides is 3. The number of benzene rings is 3. The van der Waals surface area contributed by atoms with Crippen molar-refractivity contribution >= 4 is 34.3 Å². The van der Waals surface area contributed by atoms with Crippen LogP contribution in [0.25, 0.3) is 16.6 Å². The Hall–Kier alpha value is -5.76. The first-order chi connectivity index (χ1) is 33.8. The maximum absolute atomic E-state index is 16.1. The molecule has 5 aromatic rings. The van der Waals surface area contributed by atoms with Crippen molar-refractivity contribution in [2.45, 2.75) is 75.7 Å². The number of nitrogens with zero attached hydrogens (tertiary/aromatic N) is 10. The van der Waals surface area contributed by atoms with Crippen LogP contribution < -0.4 is 10.2 Å². The van der Waals surface area contributed by atoms with Gasteiger partial charge in [0.05, 0.1) is 42.2 Å². The molecule has 11 rings (SSSR count). The molecule has 6 aliphatic rings. The number of ether oxygens (including phenoxy) is 1. The fourth-order valence-corrected chi connectivity index (χ4v) is 12.0. The molecular weight excluding hydrogens is 907 g/mol. The minimum atomic E-state index is -4.55. The zero-order valence-electron chi connectivity index (χ0n) is 39.5. The van der Waals surface area contributed by atoms with Crippen LogP contribution >= 0.6 is 0 Å². The number of anilines is 1. The molecule has 0 saturated carbocycles. The quantitative estimate of drug-likeness (QED) is 0.128. The second-order valence-corrected chi connectivity index (χ2v) is 20.6. The van der Waals surface area contributed by atoms with Crippen molar-refractivity contribution in [1.29, 1.82) is 0 Å². The molecule has 0 radical (unpaired) electrons. The number of rotatable bonds is 12. The number of hydrogen-bond acceptors (Lipinski definition) is 11. The number of piperidine rings is 3. The van der Waals surface area contributed by atoms with Crippen molar-refractivity contribution in [3.05, 3.63) is 101 Å². The van der Waals surface area contributed by atoms with Crippen LogP contribution in [0.1, 0.15) is 77.0 Å². The minimum Gasteiger partial charge on any atom is -0.379 e. The maximum atomic E-state index is 16.1. The van der Waals surface area contributed by atoms with Crippen molar-refractivity contribution < 1.29 is 36.7 Å². The average Bonchev–Trinajstić information content (AvgIpc) is 4.04. The molecule has 3 aromatic carbocycles. The van der Waals surface area contributed by atoms with Gasteiger partial charge in [-0.15, -0.1) is 10.2 Å². The highest BCUT2D eigenvalue weighted by Crippen LogP contribution is 2.40. The van der Waals surface area contributed by atoms with Gasteiger partial charge in [-0.25, -0.2) is 9.07 Å². The number of carbonyl (C=O) groups is 3. The van der Waals surface area contributed by atoms with Gasteiger partial charge in [-0.3, -0.25) is 29.5 Å². The molecule has 8 heterocycles. The smallest absolute Gasteiger partial charge is 0.379 e. The van der Waals surface area contributed by atoms with E-state index in [1.807, 2.05) is 46.8 Å². The van der Waals surface area contributed by atoms with Crippen LogP contribution in [0.5, 0.6) is 0 Å². The van der Waals surface area contributed by atoms with E-state index in [4.69, 9.17) is 9.84 Å². The van der Waals surface area contributed by atoms with Gasteiger partial charge in [0, 0.05) is 107 Å². The second-order valence-electron chi connectivity index (χ2n) is 20.6. The van der Waals surface area contributed by atoms with Crippen molar-refractivity contribution in [3.8, 4) is 5.69 Å². The lowest BCUT2D eigenvalue weighted by Gasteiger charge is -2.41. The summed E-state index contributed by atoms with van der Waals surface area (Å²) in [5, 5.41) is 15.4. The van der Waals surface area contributed by atoms with E-state index in [2.05, 4.69) is 30.2 Å². The number of imide groups is 1. The number of likely N-dealkylation sites (tertiary alicyclic amines) is 2. The molecule has 370 valence electrons. The normalized spacial score (nSPS) is 23.8. The summed E-state index contributed by atoms with van der Waals surface area (Å²) in [6.07, 6.45) is 3.96. The number of carbonyl (C=O) groups excluding carboxylic acids is 3. The van der Waals surface area contributed by atoms with Gasteiger partial charge in [0.2, 0.25) is 11.8 Å². The number of aromatic nitrogens is 5. The zero-order chi connectivity index (χ0) is 48.3. The lowest BCUT2D eigenvalue weighted by molar-refractivity contribution is -0.137. The Morgan fingerprint density at radius 2 is 1.63 bits per heavy atom. The first kappa shape index (κ1) is 46.6. The molecule has 5 saturated heterocycles. The molecule has 5 fully saturated rings. The fraction of sp³-hybridized carbons (Fsp3) is 0.529. The largest absolute Gasteiger partial charge is 0.417 e. The van der Waals surface area contributed by atoms with Crippen LogP contribution in [-0.2, 0) is 52.5 Å². The van der Waals surface area contributed by atoms with E-state index in [-0.39, 0.29) is 47.6 Å². The third-order valence-electron chi connectivity index (χ3n) is 15.8. The predicted molar refractivity (Wildman–Crippen MR) is 252 cm³/mol. The van der Waals surface area contributed by atoms with Crippen molar-refractivity contribution in [2.75, 3.05) is 83.6 Å². The summed E-state index contributed by atoms with van der Waals surface area (Å²) in [5.41, 5.74) is 2.69. The van der Waals surface area contributed by atoms with E-state index in [1.54, 1.807) is 23.1 Å². The first-order valence-electron chi connectivity index (χ1n) is 24.8. The van der Waals surface area contributed by atoms with E-state index in [0.29, 0.717) is 79.1 Å². The van der Waals surface area contributed by atoms with Crippen LogP contribution in [-0.4, -0.2) is 147 Å². The van der Waals surface area contributed by atoms with Gasteiger partial charge >= 0.3 is 6.18 Å². The van der Waals surface area contributed by atoms with E-state index < -0.39 is 29.5 Å². The van der Waals surface area contributed by atoms with Gasteiger partial charge in [-0.2, -0.15) is 18.3 Å². The number of nitrogens with one attached hydrogen (secondary N) is 1. The van der Waals surface area contributed by atoms with E-state index >= 15 is 4.39 Å². The molecule has 1 N–H and O–H groups in total. The SMILES string of the molecule is Cn1cnnc1CC1(c2cccc(-n3cc4c(C(F)(F)F)cc(CN5CCC[C@H](CN6CCC[C@H](CN7CCN(c8ccc9c(c8F)CN(C8CCC(=O)NC8=O)C9=O)CC7)C6)C5)cc4n3)c2)COC1. The molecule has 6 aliphatic heterocycles. The number of aryl methyl sites for hydroxylation is 1. The molecule has 0 aliphatic carbocycles. The van der Waals surface area contributed by atoms with Gasteiger partial charge in [-0.05, 0) is 105 Å². The number of piperazine rings is 1. The third-order valence-corrected chi connectivity index (χ3v) is 15.8. The summed E-state index contributed by atoms with van der Waals surface area (Å²) >= 11 is 0. The van der Waals surface area contributed by atoms with Crippen molar-refractivity contribution in [2.24, 2.45) is 18.9 Å². The highest BCUT2D eigenvalue weighted by atomic mass is 19.4. The second kappa shape index (κ2) is 18.8. The summed E-state index contributed by atoms with van der Waals surface area (Å²) in [7, 11) is 1.91. The standard InChI is InChI=1S/C51H59F4N11O4/c1-60-32-56-58-45(60)22-50(30-70-31-50)36-7-2-8-37(21-36)66-29-40-41(51(53,54)55)19-35(20-42(40)59-66)27-63-14-4-6-34(26-63)25-62-13-3-5-33(24-62)23-61-15-17-64(18-16-61)43-10-9-38-39(47(43)52)28-65(49(38)69)44-11-12-46(67)57-48(44)68/h2,7-10,19-21,29,32-34,44H,3-6,11-18,22-28,30-31H2,1H3,(H,57,67,68)/t33-,34-,44?/m1/s1. The minimum absolute atomic E-state index is 0.00552. The molecule has 0 spiro atoms. The fourth-order valence-electron chi connectivity index (χ4n) is 12.0. The molecule has 19 heteroatoms. The number of hydrogen-bond donors (Lipinski definition) is 1. The Morgan fingerprint density at radius 1 is 0.871 bits per heavy atom. The number of fused-ring (bicyclic) bond motifs is 2. The van der Waals surface area contributed by atoms with Gasteiger partial charge in [-0.1, -0.05) is 12.1 Å². The van der Waals surface area contributed by atoms with Crippen LogP contribution in [0.2, 0.25) is 0 Å². The lowest BCUT2D eigenvalue weighted by Crippen LogP contribution is -2.52. The molecule has 2 aromatic heterocycles. The van der Waals surface area contributed by atoms with Gasteiger partial charge in [0.15, 0.2) is 5.82 Å². The maximum Gasteiger partial charge on any atom is 0.417 e. The van der Waals surface area contributed by atoms with Crippen LogP contribution in [0.4, 0.5) is 23.2 Å². The summed E-state index contributed by atoms with van der Waals surface area (Å²) in [6.45, 7) is 9.98. The van der Waals surface area contributed by atoms with Gasteiger partial charge in [0.1, 0.15) is 18.2 Å². The Labute approximate surface area is 403 Å². The summed E-state index contributed by atoms with van der Waals surface area (Å²) < 4.78 is 69.6. The number of amides is 3. The van der Waals surface area contributed by atoms with Gasteiger partial charge < -0.3 is 24.0 Å². The van der Waals surface area contributed by atoms with Gasteiger partial charge in [0.25, 0.3) is 5.91 Å². The molecule has 3 amide bonds. The summed E-state index contributed by atoms with van der Waals surface area (Å²) in [5.74, 6) is 0.0834. The third kappa shape index (κ3) is 9.21. The molecule has 1 unspecified atom stereocenters. The molecule has 15 nitrogen and oxygen atoms in total. The average molecular weight is 966 g/mol. The van der Waals surface area contributed by atoms with Crippen LogP contribution in [0, 0.1) is 17.7 Å². The predicted octanol–water partition coefficient (Wildman–Crippen LogP) is 5.33.